The third-order valence-electron chi connectivity index (χ3n) is 3.98. The first-order valence-electron chi connectivity index (χ1n) is 8.68. The number of rotatable bonds is 7. The van der Waals surface area contributed by atoms with Gasteiger partial charge < -0.3 is 19.8 Å². The largest absolute Gasteiger partial charge is 0.464 e. The predicted octanol–water partition coefficient (Wildman–Crippen LogP) is 1.83. The van der Waals surface area contributed by atoms with E-state index >= 15 is 0 Å². The number of amides is 1. The molecular weight excluding hydrogens is 432 g/mol. The molecular formula is C19H21BrN2O6. The average Bonchev–Trinajstić information content (AvgIpc) is 2.61. The van der Waals surface area contributed by atoms with Gasteiger partial charge in [-0.3, -0.25) is 9.59 Å². The molecule has 2 N–H and O–H groups in total. The molecule has 28 heavy (non-hydrogen) atoms. The van der Waals surface area contributed by atoms with E-state index in [0.717, 1.165) is 4.47 Å². The van der Waals surface area contributed by atoms with Crippen LogP contribution in [0.5, 0.6) is 0 Å². The highest BCUT2D eigenvalue weighted by molar-refractivity contribution is 9.10. The lowest BCUT2D eigenvalue weighted by atomic mass is 9.88. The van der Waals surface area contributed by atoms with Crippen LogP contribution in [-0.2, 0) is 30.3 Å². The minimum atomic E-state index is -2.11. The van der Waals surface area contributed by atoms with Crippen molar-refractivity contribution in [1.29, 1.82) is 0 Å². The van der Waals surface area contributed by atoms with Gasteiger partial charge in [-0.25, -0.2) is 9.59 Å². The van der Waals surface area contributed by atoms with Crippen LogP contribution in [0.2, 0.25) is 0 Å². The summed E-state index contributed by atoms with van der Waals surface area (Å²) >= 11 is 3.37. The van der Waals surface area contributed by atoms with Crippen molar-refractivity contribution in [3.63, 3.8) is 0 Å². The Balaban J connectivity index is 2.70. The number of fused-ring (bicyclic) bond motifs is 1. The number of hydrogen-bond donors (Lipinski definition) is 2. The van der Waals surface area contributed by atoms with Crippen LogP contribution < -0.4 is 10.9 Å². The number of aromatic nitrogens is 1. The van der Waals surface area contributed by atoms with Crippen molar-refractivity contribution < 1.29 is 23.9 Å². The smallest absolute Gasteiger partial charge is 0.344 e. The van der Waals surface area contributed by atoms with Crippen molar-refractivity contribution in [2.24, 2.45) is 0 Å². The Morgan fingerprint density at radius 2 is 1.71 bits per heavy atom. The Hall–Kier alpha value is -2.68. The maximum absolute atomic E-state index is 12.8. The van der Waals surface area contributed by atoms with Gasteiger partial charge in [-0.1, -0.05) is 15.9 Å². The zero-order chi connectivity index (χ0) is 20.9. The standard InChI is InChI=1S/C19H21BrN2O6/c1-4-27-17(25)19(22-11(3)23,18(26)28-5-2)10-12-8-16(24)21-15-7-6-13(20)9-14(12)15/h6-9H,4-5,10H2,1-3H3,(H,21,24)(H,22,23). The van der Waals surface area contributed by atoms with Gasteiger partial charge in [-0.15, -0.1) is 0 Å². The molecule has 1 aromatic heterocycles. The molecule has 2 rings (SSSR count). The summed E-state index contributed by atoms with van der Waals surface area (Å²) in [5.74, 6) is -2.52. The lowest BCUT2D eigenvalue weighted by Gasteiger charge is -2.30. The fourth-order valence-electron chi connectivity index (χ4n) is 2.91. The summed E-state index contributed by atoms with van der Waals surface area (Å²) in [5.41, 5.74) is -1.61. The number of carbonyl (C=O) groups is 3. The molecule has 0 radical (unpaired) electrons. The van der Waals surface area contributed by atoms with E-state index in [0.29, 0.717) is 16.5 Å². The lowest BCUT2D eigenvalue weighted by Crippen LogP contribution is -2.62. The lowest BCUT2D eigenvalue weighted by molar-refractivity contribution is -0.167. The maximum atomic E-state index is 12.8. The number of aromatic amines is 1. The summed E-state index contributed by atoms with van der Waals surface area (Å²) in [4.78, 5) is 52.2. The molecule has 1 heterocycles. The minimum absolute atomic E-state index is 0.00123. The molecule has 0 aliphatic carbocycles. The van der Waals surface area contributed by atoms with Crippen LogP contribution in [0.3, 0.4) is 0 Å². The van der Waals surface area contributed by atoms with Gasteiger partial charge in [0, 0.05) is 34.8 Å². The maximum Gasteiger partial charge on any atom is 0.344 e. The number of esters is 2. The highest BCUT2D eigenvalue weighted by Gasteiger charge is 2.50. The molecule has 0 spiro atoms. The molecule has 0 unspecified atom stereocenters. The van der Waals surface area contributed by atoms with E-state index in [1.807, 2.05) is 0 Å². The third kappa shape index (κ3) is 4.59. The number of hydrogen-bond acceptors (Lipinski definition) is 6. The van der Waals surface area contributed by atoms with Gasteiger partial charge in [-0.2, -0.15) is 0 Å². The van der Waals surface area contributed by atoms with Crippen molar-refractivity contribution in [2.45, 2.75) is 32.7 Å². The van der Waals surface area contributed by atoms with E-state index in [9.17, 15) is 19.2 Å². The summed E-state index contributed by atoms with van der Waals surface area (Å²) < 4.78 is 10.9. The molecule has 0 atom stereocenters. The average molecular weight is 453 g/mol. The zero-order valence-electron chi connectivity index (χ0n) is 15.8. The summed E-state index contributed by atoms with van der Waals surface area (Å²) in [6.45, 7) is 4.35. The second-order valence-electron chi connectivity index (χ2n) is 6.05. The Morgan fingerprint density at radius 3 is 2.25 bits per heavy atom. The van der Waals surface area contributed by atoms with E-state index in [4.69, 9.17) is 9.47 Å². The second-order valence-corrected chi connectivity index (χ2v) is 6.97. The molecule has 1 amide bonds. The van der Waals surface area contributed by atoms with Crippen LogP contribution in [0.4, 0.5) is 0 Å². The number of halogens is 1. The normalized spacial score (nSPS) is 11.1. The Labute approximate surface area is 169 Å². The van der Waals surface area contributed by atoms with Crippen molar-refractivity contribution in [2.75, 3.05) is 13.2 Å². The molecule has 2 aromatic rings. The van der Waals surface area contributed by atoms with E-state index in [1.54, 1.807) is 32.0 Å². The molecule has 150 valence electrons. The van der Waals surface area contributed by atoms with E-state index in [-0.39, 0.29) is 19.6 Å². The molecule has 0 saturated carbocycles. The van der Waals surface area contributed by atoms with Crippen molar-refractivity contribution >= 4 is 44.7 Å². The quantitative estimate of drug-likeness (QED) is 0.489. The molecule has 0 saturated heterocycles. The van der Waals surface area contributed by atoms with Crippen LogP contribution in [0.15, 0.2) is 33.5 Å². The van der Waals surface area contributed by atoms with Gasteiger partial charge in [0.25, 0.3) is 0 Å². The molecule has 0 fully saturated rings. The fraction of sp³-hybridized carbons (Fsp3) is 0.368. The highest BCUT2D eigenvalue weighted by atomic mass is 79.9. The Bertz CT molecular complexity index is 951. The number of benzene rings is 1. The second kappa shape index (κ2) is 9.01. The van der Waals surface area contributed by atoms with Gasteiger partial charge in [0.1, 0.15) is 0 Å². The van der Waals surface area contributed by atoms with E-state index < -0.39 is 28.9 Å². The van der Waals surface area contributed by atoms with Gasteiger partial charge in [0.15, 0.2) is 0 Å². The molecule has 9 heteroatoms. The molecule has 8 nitrogen and oxygen atoms in total. The van der Waals surface area contributed by atoms with Crippen LogP contribution in [0.1, 0.15) is 26.3 Å². The van der Waals surface area contributed by atoms with Crippen LogP contribution >= 0.6 is 15.9 Å². The van der Waals surface area contributed by atoms with Crippen LogP contribution in [-0.4, -0.2) is 41.6 Å². The number of carbonyl (C=O) groups excluding carboxylic acids is 3. The minimum Gasteiger partial charge on any atom is -0.464 e. The SMILES string of the molecule is CCOC(=O)C(Cc1cc(=O)[nH]c2ccc(Br)cc12)(NC(C)=O)C(=O)OCC. The molecule has 0 bridgehead atoms. The number of ether oxygens (including phenoxy) is 2. The number of pyridine rings is 1. The first kappa shape index (κ1) is 21.6. The van der Waals surface area contributed by atoms with Gasteiger partial charge in [0.2, 0.25) is 17.0 Å². The number of H-pyrrole nitrogens is 1. The van der Waals surface area contributed by atoms with Gasteiger partial charge in [-0.05, 0) is 37.6 Å². The van der Waals surface area contributed by atoms with Crippen molar-refractivity contribution in [1.82, 2.24) is 10.3 Å². The van der Waals surface area contributed by atoms with Crippen LogP contribution in [0.25, 0.3) is 10.9 Å². The Morgan fingerprint density at radius 1 is 1.11 bits per heavy atom. The van der Waals surface area contributed by atoms with E-state index in [2.05, 4.69) is 26.2 Å². The topological polar surface area (TPSA) is 115 Å². The predicted molar refractivity (Wildman–Crippen MR) is 106 cm³/mol. The summed E-state index contributed by atoms with van der Waals surface area (Å²) in [5, 5.41) is 3.01. The summed E-state index contributed by atoms with van der Waals surface area (Å²) in [7, 11) is 0. The van der Waals surface area contributed by atoms with Crippen LogP contribution in [0, 0.1) is 0 Å². The van der Waals surface area contributed by atoms with Crippen molar-refractivity contribution in [3.8, 4) is 0 Å². The van der Waals surface area contributed by atoms with Crippen molar-refractivity contribution in [3.05, 3.63) is 44.7 Å². The summed E-state index contributed by atoms with van der Waals surface area (Å²) in [6.07, 6.45) is -0.304. The van der Waals surface area contributed by atoms with E-state index in [1.165, 1.54) is 13.0 Å². The summed E-state index contributed by atoms with van der Waals surface area (Å²) in [6, 6.07) is 6.47. The highest BCUT2D eigenvalue weighted by Crippen LogP contribution is 2.25. The number of nitrogens with one attached hydrogen (secondary N) is 2. The molecule has 1 aromatic carbocycles. The zero-order valence-corrected chi connectivity index (χ0v) is 17.3. The molecule has 0 aliphatic rings. The third-order valence-corrected chi connectivity index (χ3v) is 4.48. The first-order valence-corrected chi connectivity index (χ1v) is 9.47. The van der Waals surface area contributed by atoms with Gasteiger partial charge in [0.05, 0.1) is 13.2 Å². The first-order chi connectivity index (χ1) is 13.2. The Kier molecular flexibility index (Phi) is 6.95. The fourth-order valence-corrected chi connectivity index (χ4v) is 3.27. The van der Waals surface area contributed by atoms with Gasteiger partial charge >= 0.3 is 11.9 Å². The molecule has 0 aliphatic heterocycles. The monoisotopic (exact) mass is 452 g/mol.